The maximum atomic E-state index is 13.1. The van der Waals surface area contributed by atoms with Crippen LogP contribution >= 0.6 is 0 Å². The Bertz CT molecular complexity index is 627. The molecule has 0 radical (unpaired) electrons. The third-order valence-electron chi connectivity index (χ3n) is 3.61. The van der Waals surface area contributed by atoms with E-state index in [0.29, 0.717) is 12.1 Å². The first-order valence-electron chi connectivity index (χ1n) is 6.36. The van der Waals surface area contributed by atoms with E-state index in [1.165, 1.54) is 0 Å². The Morgan fingerprint density at radius 1 is 1.24 bits per heavy atom. The largest absolute Gasteiger partial charge is 0.481 e. The van der Waals surface area contributed by atoms with Crippen molar-refractivity contribution in [2.45, 2.75) is 31.6 Å². The van der Waals surface area contributed by atoms with Crippen molar-refractivity contribution < 1.29 is 27.1 Å². The molecule has 0 bridgehead atoms. The maximum absolute atomic E-state index is 13.1. The summed E-state index contributed by atoms with van der Waals surface area (Å²) in [4.78, 5) is 10.8. The van der Waals surface area contributed by atoms with Gasteiger partial charge in [0.25, 0.3) is 0 Å². The molecule has 0 aliphatic heterocycles. The molecule has 0 heterocycles. The van der Waals surface area contributed by atoms with Crippen LogP contribution in [-0.4, -0.2) is 26.0 Å². The van der Waals surface area contributed by atoms with Gasteiger partial charge in [0.1, 0.15) is 0 Å². The van der Waals surface area contributed by atoms with Gasteiger partial charge in [0, 0.05) is 6.54 Å². The van der Waals surface area contributed by atoms with Crippen LogP contribution in [0.5, 0.6) is 0 Å². The molecule has 1 aromatic carbocycles. The summed E-state index contributed by atoms with van der Waals surface area (Å²) < 4.78 is 52.0. The number of carboxylic acid groups (broad SMARTS) is 1. The molecule has 1 rings (SSSR count). The second-order valence-corrected chi connectivity index (χ2v) is 6.46. The summed E-state index contributed by atoms with van der Waals surface area (Å²) in [6, 6.07) is 2.17. The predicted molar refractivity (Wildman–Crippen MR) is 72.2 cm³/mol. The van der Waals surface area contributed by atoms with Gasteiger partial charge in [0.2, 0.25) is 10.0 Å². The number of benzene rings is 1. The highest BCUT2D eigenvalue weighted by molar-refractivity contribution is 7.89. The summed E-state index contributed by atoms with van der Waals surface area (Å²) in [5, 5.41) is 9.23. The van der Waals surface area contributed by atoms with Crippen molar-refractivity contribution in [2.75, 3.05) is 6.54 Å². The molecule has 118 valence electrons. The first kappa shape index (κ1) is 17.5. The molecule has 0 aliphatic carbocycles. The Hall–Kier alpha value is -1.54. The lowest BCUT2D eigenvalue weighted by atomic mass is 9.83. The average molecular weight is 321 g/mol. The van der Waals surface area contributed by atoms with Crippen molar-refractivity contribution in [2.24, 2.45) is 5.41 Å². The van der Waals surface area contributed by atoms with Crippen molar-refractivity contribution in [1.29, 1.82) is 0 Å². The van der Waals surface area contributed by atoms with Crippen molar-refractivity contribution in [3.05, 3.63) is 29.8 Å². The van der Waals surface area contributed by atoms with Gasteiger partial charge in [-0.3, -0.25) is 4.79 Å². The lowest BCUT2D eigenvalue weighted by Crippen LogP contribution is -2.42. The molecule has 0 spiro atoms. The molecule has 0 saturated carbocycles. The van der Waals surface area contributed by atoms with Gasteiger partial charge < -0.3 is 5.11 Å². The van der Waals surface area contributed by atoms with Crippen molar-refractivity contribution in [1.82, 2.24) is 4.72 Å². The summed E-state index contributed by atoms with van der Waals surface area (Å²) in [7, 11) is -4.11. The summed E-state index contributed by atoms with van der Waals surface area (Å²) in [5.41, 5.74) is -1.23. The minimum Gasteiger partial charge on any atom is -0.481 e. The molecule has 0 amide bonds. The van der Waals surface area contributed by atoms with Crippen LogP contribution in [0.1, 0.15) is 26.7 Å². The third-order valence-corrected chi connectivity index (χ3v) is 5.01. The van der Waals surface area contributed by atoms with Gasteiger partial charge >= 0.3 is 5.97 Å². The molecular formula is C13H17F2NO4S. The normalized spacial score (nSPS) is 12.4. The minimum absolute atomic E-state index is 0.235. The van der Waals surface area contributed by atoms with Crippen LogP contribution in [0.25, 0.3) is 0 Å². The zero-order valence-electron chi connectivity index (χ0n) is 11.7. The first-order valence-corrected chi connectivity index (χ1v) is 7.85. The Kier molecular flexibility index (Phi) is 5.41. The molecular weight excluding hydrogens is 304 g/mol. The average Bonchev–Trinajstić information content (AvgIpc) is 2.43. The van der Waals surface area contributed by atoms with Gasteiger partial charge in [-0.1, -0.05) is 13.8 Å². The van der Waals surface area contributed by atoms with Crippen LogP contribution in [0.2, 0.25) is 0 Å². The van der Waals surface area contributed by atoms with E-state index in [1.807, 2.05) is 0 Å². The van der Waals surface area contributed by atoms with E-state index in [1.54, 1.807) is 13.8 Å². The van der Waals surface area contributed by atoms with Gasteiger partial charge in [-0.25, -0.2) is 21.9 Å². The van der Waals surface area contributed by atoms with E-state index in [4.69, 9.17) is 0 Å². The number of hydrogen-bond donors (Lipinski definition) is 2. The highest BCUT2D eigenvalue weighted by Gasteiger charge is 2.36. The standard InChI is InChI=1S/C13H17F2NO4S/c1-3-13(4-2,12(17)18)8-16-21(19,20)9-5-6-10(14)11(15)7-9/h5-7,16H,3-4,8H2,1-2H3,(H,17,18). The Labute approximate surface area is 122 Å². The van der Waals surface area contributed by atoms with Gasteiger partial charge in [0.05, 0.1) is 10.3 Å². The molecule has 0 aromatic heterocycles. The minimum atomic E-state index is -4.11. The number of rotatable bonds is 7. The number of carbonyl (C=O) groups is 1. The molecule has 0 fully saturated rings. The topological polar surface area (TPSA) is 83.5 Å². The lowest BCUT2D eigenvalue weighted by Gasteiger charge is -2.26. The van der Waals surface area contributed by atoms with Gasteiger partial charge in [0.15, 0.2) is 11.6 Å². The lowest BCUT2D eigenvalue weighted by molar-refractivity contribution is -0.149. The van der Waals surface area contributed by atoms with E-state index in [2.05, 4.69) is 4.72 Å². The fourth-order valence-electron chi connectivity index (χ4n) is 1.84. The smallest absolute Gasteiger partial charge is 0.310 e. The second kappa shape index (κ2) is 6.48. The Balaban J connectivity index is 3.00. The van der Waals surface area contributed by atoms with Crippen LogP contribution < -0.4 is 4.72 Å². The highest BCUT2D eigenvalue weighted by Crippen LogP contribution is 2.26. The van der Waals surface area contributed by atoms with Gasteiger partial charge in [-0.05, 0) is 31.0 Å². The fourth-order valence-corrected chi connectivity index (χ4v) is 2.98. The van der Waals surface area contributed by atoms with Gasteiger partial charge in [-0.15, -0.1) is 0 Å². The fraction of sp³-hybridized carbons (Fsp3) is 0.462. The number of aliphatic carboxylic acids is 1. The maximum Gasteiger partial charge on any atom is 0.310 e. The van der Waals surface area contributed by atoms with Gasteiger partial charge in [-0.2, -0.15) is 0 Å². The molecule has 0 saturated heterocycles. The molecule has 21 heavy (non-hydrogen) atoms. The van der Waals surface area contributed by atoms with E-state index >= 15 is 0 Å². The SMILES string of the molecule is CCC(CC)(CNS(=O)(=O)c1ccc(F)c(F)c1)C(=O)O. The monoisotopic (exact) mass is 321 g/mol. The van der Waals surface area contributed by atoms with Crippen LogP contribution in [0, 0.1) is 17.0 Å². The molecule has 0 unspecified atom stereocenters. The molecule has 0 atom stereocenters. The summed E-state index contributed by atoms with van der Waals surface area (Å²) >= 11 is 0. The molecule has 5 nitrogen and oxygen atoms in total. The Morgan fingerprint density at radius 2 is 1.81 bits per heavy atom. The number of halogens is 2. The van der Waals surface area contributed by atoms with Crippen LogP contribution in [0.4, 0.5) is 8.78 Å². The summed E-state index contributed by atoms with van der Waals surface area (Å²) in [6.45, 7) is 2.96. The van der Waals surface area contributed by atoms with Crippen molar-refractivity contribution in [3.8, 4) is 0 Å². The zero-order valence-corrected chi connectivity index (χ0v) is 12.5. The van der Waals surface area contributed by atoms with E-state index in [0.717, 1.165) is 6.07 Å². The molecule has 2 N–H and O–H groups in total. The summed E-state index contributed by atoms with van der Waals surface area (Å²) in [6.07, 6.45) is 0.471. The van der Waals surface area contributed by atoms with Crippen LogP contribution in [-0.2, 0) is 14.8 Å². The Morgan fingerprint density at radius 3 is 2.24 bits per heavy atom. The first-order chi connectivity index (χ1) is 9.68. The molecule has 8 heteroatoms. The zero-order chi connectivity index (χ0) is 16.3. The second-order valence-electron chi connectivity index (χ2n) is 4.69. The number of sulfonamides is 1. The molecule has 1 aromatic rings. The highest BCUT2D eigenvalue weighted by atomic mass is 32.2. The van der Waals surface area contributed by atoms with Crippen molar-refractivity contribution >= 4 is 16.0 Å². The predicted octanol–water partition coefficient (Wildman–Crippen LogP) is 2.13. The number of nitrogens with one attached hydrogen (secondary N) is 1. The van der Waals surface area contributed by atoms with E-state index in [9.17, 15) is 27.1 Å². The van der Waals surface area contributed by atoms with Crippen LogP contribution in [0.3, 0.4) is 0 Å². The van der Waals surface area contributed by atoms with E-state index in [-0.39, 0.29) is 19.4 Å². The number of hydrogen-bond acceptors (Lipinski definition) is 3. The van der Waals surface area contributed by atoms with Crippen molar-refractivity contribution in [3.63, 3.8) is 0 Å². The summed E-state index contributed by atoms with van der Waals surface area (Å²) in [5.74, 6) is -3.55. The molecule has 0 aliphatic rings. The quantitative estimate of drug-likeness (QED) is 0.806. The van der Waals surface area contributed by atoms with Crippen LogP contribution in [0.15, 0.2) is 23.1 Å². The third kappa shape index (κ3) is 3.76. The van der Waals surface area contributed by atoms with E-state index < -0.39 is 37.9 Å². The number of carboxylic acids is 1.